The number of para-hydroxylation sites is 1. The van der Waals surface area contributed by atoms with Gasteiger partial charge in [0.1, 0.15) is 0 Å². The largest absolute Gasteiger partial charge is 0.367 e. The second-order valence-electron chi connectivity index (χ2n) is 5.64. The highest BCUT2D eigenvalue weighted by molar-refractivity contribution is 6.33. The SMILES string of the molecule is CN1C(CN)CN(c2ccccc2Cl)CC1(C)C. The fourth-order valence-electron chi connectivity index (χ4n) is 2.64. The van der Waals surface area contributed by atoms with E-state index in [1.165, 1.54) is 0 Å². The van der Waals surface area contributed by atoms with E-state index in [0.717, 1.165) is 23.8 Å². The summed E-state index contributed by atoms with van der Waals surface area (Å²) in [7, 11) is 2.15. The molecule has 1 unspecified atom stereocenters. The van der Waals surface area contributed by atoms with E-state index in [2.05, 4.69) is 36.8 Å². The molecule has 1 heterocycles. The van der Waals surface area contributed by atoms with Gasteiger partial charge in [-0.1, -0.05) is 23.7 Å². The van der Waals surface area contributed by atoms with Crippen LogP contribution in [-0.4, -0.2) is 43.2 Å². The Morgan fingerprint density at radius 3 is 2.67 bits per heavy atom. The quantitative estimate of drug-likeness (QED) is 0.892. The Bertz CT molecular complexity index is 419. The maximum absolute atomic E-state index is 6.29. The van der Waals surface area contributed by atoms with E-state index < -0.39 is 0 Å². The predicted molar refractivity (Wildman–Crippen MR) is 78.3 cm³/mol. The van der Waals surface area contributed by atoms with Crippen LogP contribution in [0.25, 0.3) is 0 Å². The summed E-state index contributed by atoms with van der Waals surface area (Å²) in [6.45, 7) is 7.06. The van der Waals surface area contributed by atoms with E-state index in [1.807, 2.05) is 18.2 Å². The van der Waals surface area contributed by atoms with Crippen LogP contribution >= 0.6 is 11.6 Å². The third-order valence-electron chi connectivity index (χ3n) is 3.98. The molecule has 0 aliphatic carbocycles. The van der Waals surface area contributed by atoms with Crippen LogP contribution in [0.2, 0.25) is 5.02 Å². The molecule has 0 aromatic heterocycles. The van der Waals surface area contributed by atoms with E-state index >= 15 is 0 Å². The number of nitrogens with zero attached hydrogens (tertiary/aromatic N) is 2. The minimum absolute atomic E-state index is 0.0987. The van der Waals surface area contributed by atoms with Crippen LogP contribution in [0.3, 0.4) is 0 Å². The zero-order valence-corrected chi connectivity index (χ0v) is 12.1. The molecule has 1 saturated heterocycles. The zero-order valence-electron chi connectivity index (χ0n) is 11.4. The first kappa shape index (κ1) is 13.7. The normalized spacial score (nSPS) is 24.3. The maximum atomic E-state index is 6.29. The predicted octanol–water partition coefficient (Wildman–Crippen LogP) is 2.20. The van der Waals surface area contributed by atoms with Crippen molar-refractivity contribution in [3.8, 4) is 0 Å². The van der Waals surface area contributed by atoms with Crippen molar-refractivity contribution in [3.05, 3.63) is 29.3 Å². The monoisotopic (exact) mass is 267 g/mol. The number of rotatable bonds is 2. The van der Waals surface area contributed by atoms with E-state index in [9.17, 15) is 0 Å². The van der Waals surface area contributed by atoms with Crippen molar-refractivity contribution in [2.24, 2.45) is 5.73 Å². The summed E-state index contributed by atoms with van der Waals surface area (Å²) >= 11 is 6.29. The zero-order chi connectivity index (χ0) is 13.3. The summed E-state index contributed by atoms with van der Waals surface area (Å²) in [5.74, 6) is 0. The van der Waals surface area contributed by atoms with Gasteiger partial charge in [-0.05, 0) is 33.0 Å². The number of hydrogen-bond acceptors (Lipinski definition) is 3. The first-order valence-electron chi connectivity index (χ1n) is 6.38. The van der Waals surface area contributed by atoms with Gasteiger partial charge in [-0.15, -0.1) is 0 Å². The molecule has 0 bridgehead atoms. The minimum Gasteiger partial charge on any atom is -0.367 e. The van der Waals surface area contributed by atoms with E-state index in [-0.39, 0.29) is 5.54 Å². The topological polar surface area (TPSA) is 32.5 Å². The van der Waals surface area contributed by atoms with Crippen LogP contribution in [0.15, 0.2) is 24.3 Å². The third-order valence-corrected chi connectivity index (χ3v) is 4.30. The van der Waals surface area contributed by atoms with Gasteiger partial charge in [-0.2, -0.15) is 0 Å². The summed E-state index contributed by atoms with van der Waals surface area (Å²) in [6.07, 6.45) is 0. The van der Waals surface area contributed by atoms with Crippen LogP contribution in [0.1, 0.15) is 13.8 Å². The van der Waals surface area contributed by atoms with Gasteiger partial charge < -0.3 is 10.6 Å². The molecular weight excluding hydrogens is 246 g/mol. The van der Waals surface area contributed by atoms with E-state index in [4.69, 9.17) is 17.3 Å². The summed E-state index contributed by atoms with van der Waals surface area (Å²) in [4.78, 5) is 4.72. The first-order chi connectivity index (χ1) is 8.45. The molecule has 3 nitrogen and oxygen atoms in total. The van der Waals surface area contributed by atoms with Gasteiger partial charge in [0.2, 0.25) is 0 Å². The second kappa shape index (κ2) is 5.08. The van der Waals surface area contributed by atoms with Crippen molar-refractivity contribution >= 4 is 17.3 Å². The van der Waals surface area contributed by atoms with Crippen LogP contribution in [0.4, 0.5) is 5.69 Å². The molecule has 1 aliphatic heterocycles. The van der Waals surface area contributed by atoms with Crippen molar-refractivity contribution in [2.75, 3.05) is 31.6 Å². The number of benzene rings is 1. The Hall–Kier alpha value is -0.770. The van der Waals surface area contributed by atoms with Crippen molar-refractivity contribution in [2.45, 2.75) is 25.4 Å². The van der Waals surface area contributed by atoms with Crippen molar-refractivity contribution < 1.29 is 0 Å². The smallest absolute Gasteiger partial charge is 0.0639 e. The highest BCUT2D eigenvalue weighted by Crippen LogP contribution is 2.31. The minimum atomic E-state index is 0.0987. The number of nitrogens with two attached hydrogens (primary N) is 1. The molecule has 2 N–H and O–H groups in total. The number of hydrogen-bond donors (Lipinski definition) is 1. The summed E-state index contributed by atoms with van der Waals surface area (Å²) in [5, 5.41) is 0.814. The molecule has 4 heteroatoms. The Labute approximate surface area is 115 Å². The maximum Gasteiger partial charge on any atom is 0.0639 e. The standard InChI is InChI=1S/C14H22ClN3/c1-14(2)10-18(9-11(8-16)17(14)3)13-7-5-4-6-12(13)15/h4-7,11H,8-10,16H2,1-3H3. The fraction of sp³-hybridized carbons (Fsp3) is 0.571. The molecule has 100 valence electrons. The highest BCUT2D eigenvalue weighted by Gasteiger charge is 2.37. The Balaban J connectivity index is 2.28. The van der Waals surface area contributed by atoms with Gasteiger partial charge in [0.25, 0.3) is 0 Å². The van der Waals surface area contributed by atoms with Gasteiger partial charge in [0, 0.05) is 31.2 Å². The lowest BCUT2D eigenvalue weighted by Crippen LogP contribution is -2.64. The molecule has 0 spiro atoms. The summed E-state index contributed by atoms with van der Waals surface area (Å²) < 4.78 is 0. The lowest BCUT2D eigenvalue weighted by Gasteiger charge is -2.50. The number of halogens is 1. The van der Waals surface area contributed by atoms with Crippen molar-refractivity contribution in [3.63, 3.8) is 0 Å². The van der Waals surface area contributed by atoms with Crippen molar-refractivity contribution in [1.82, 2.24) is 4.90 Å². The molecule has 1 aliphatic rings. The Morgan fingerprint density at radius 1 is 1.39 bits per heavy atom. The highest BCUT2D eigenvalue weighted by atomic mass is 35.5. The molecule has 0 radical (unpaired) electrons. The summed E-state index contributed by atoms with van der Waals surface area (Å²) in [6, 6.07) is 8.39. The molecule has 2 rings (SSSR count). The number of piperazine rings is 1. The van der Waals surface area contributed by atoms with Crippen LogP contribution in [0.5, 0.6) is 0 Å². The third kappa shape index (κ3) is 2.48. The molecule has 1 fully saturated rings. The molecule has 0 saturated carbocycles. The molecule has 1 atom stereocenters. The summed E-state index contributed by atoms with van der Waals surface area (Å²) in [5.41, 5.74) is 7.10. The van der Waals surface area contributed by atoms with Gasteiger partial charge in [-0.3, -0.25) is 4.90 Å². The van der Waals surface area contributed by atoms with Gasteiger partial charge in [0.15, 0.2) is 0 Å². The molecule has 1 aromatic rings. The van der Waals surface area contributed by atoms with Gasteiger partial charge in [0.05, 0.1) is 10.7 Å². The molecule has 18 heavy (non-hydrogen) atoms. The number of likely N-dealkylation sites (N-methyl/N-ethyl adjacent to an activating group) is 1. The second-order valence-corrected chi connectivity index (χ2v) is 6.05. The van der Waals surface area contributed by atoms with Crippen molar-refractivity contribution in [1.29, 1.82) is 0 Å². The Morgan fingerprint density at radius 2 is 2.06 bits per heavy atom. The fourth-order valence-corrected chi connectivity index (χ4v) is 2.89. The van der Waals surface area contributed by atoms with Crippen LogP contribution in [-0.2, 0) is 0 Å². The van der Waals surface area contributed by atoms with Crippen LogP contribution in [0, 0.1) is 0 Å². The molecule has 0 amide bonds. The van der Waals surface area contributed by atoms with E-state index in [1.54, 1.807) is 0 Å². The van der Waals surface area contributed by atoms with E-state index in [0.29, 0.717) is 12.6 Å². The molecule has 1 aromatic carbocycles. The Kier molecular flexibility index (Phi) is 3.85. The lowest BCUT2D eigenvalue weighted by atomic mass is 9.95. The lowest BCUT2D eigenvalue weighted by molar-refractivity contribution is 0.0846. The average molecular weight is 268 g/mol. The molecular formula is C14H22ClN3. The first-order valence-corrected chi connectivity index (χ1v) is 6.76. The van der Waals surface area contributed by atoms with Gasteiger partial charge in [-0.25, -0.2) is 0 Å². The van der Waals surface area contributed by atoms with Crippen LogP contribution < -0.4 is 10.6 Å². The van der Waals surface area contributed by atoms with Gasteiger partial charge >= 0.3 is 0 Å². The average Bonchev–Trinajstić information content (AvgIpc) is 2.33. The number of anilines is 1.